The van der Waals surface area contributed by atoms with Crippen LogP contribution < -0.4 is 4.72 Å². The van der Waals surface area contributed by atoms with Crippen molar-refractivity contribution in [1.29, 1.82) is 0 Å². The lowest BCUT2D eigenvalue weighted by Crippen LogP contribution is -2.28. The van der Waals surface area contributed by atoms with Crippen LogP contribution in [0.2, 0.25) is 0 Å². The first-order valence-electron chi connectivity index (χ1n) is 7.28. The fourth-order valence-electron chi connectivity index (χ4n) is 1.97. The van der Waals surface area contributed by atoms with Crippen molar-refractivity contribution in [2.24, 2.45) is 5.92 Å². The van der Waals surface area contributed by atoms with Crippen molar-refractivity contribution in [2.45, 2.75) is 31.3 Å². The molecule has 0 spiro atoms. The van der Waals surface area contributed by atoms with Crippen LogP contribution in [0.5, 0.6) is 0 Å². The summed E-state index contributed by atoms with van der Waals surface area (Å²) in [5.41, 5.74) is 0.171. The van der Waals surface area contributed by atoms with Crippen molar-refractivity contribution < 1.29 is 17.9 Å². The fraction of sp³-hybridized carbons (Fsp3) is 0.400. The van der Waals surface area contributed by atoms with Gasteiger partial charge in [-0.2, -0.15) is 5.10 Å². The van der Waals surface area contributed by atoms with E-state index in [1.807, 2.05) is 13.8 Å². The molecule has 8 heteroatoms. The summed E-state index contributed by atoms with van der Waals surface area (Å²) in [6.45, 7) is 3.84. The Hall–Kier alpha value is -1.77. The van der Waals surface area contributed by atoms with Crippen LogP contribution in [0.4, 0.5) is 4.39 Å². The second-order valence-corrected chi connectivity index (χ2v) is 7.34. The Morgan fingerprint density at radius 3 is 2.70 bits per heavy atom. The van der Waals surface area contributed by atoms with Gasteiger partial charge in [-0.25, -0.2) is 22.2 Å². The number of nitrogens with zero attached hydrogens (tertiary/aromatic N) is 2. The molecule has 1 aromatic heterocycles. The van der Waals surface area contributed by atoms with Crippen LogP contribution in [0.1, 0.15) is 20.3 Å². The van der Waals surface area contributed by atoms with Crippen molar-refractivity contribution in [1.82, 2.24) is 14.5 Å². The lowest BCUT2D eigenvalue weighted by molar-refractivity contribution is 0.118. The lowest BCUT2D eigenvalue weighted by atomic mass is 10.1. The summed E-state index contributed by atoms with van der Waals surface area (Å²) in [6, 6.07) is 5.96. The van der Waals surface area contributed by atoms with Crippen LogP contribution in [0.3, 0.4) is 0 Å². The van der Waals surface area contributed by atoms with E-state index in [9.17, 15) is 17.9 Å². The van der Waals surface area contributed by atoms with Gasteiger partial charge < -0.3 is 5.11 Å². The number of sulfonamides is 1. The molecule has 2 N–H and O–H groups in total. The molecule has 1 atom stereocenters. The molecule has 126 valence electrons. The van der Waals surface area contributed by atoms with Gasteiger partial charge in [0.15, 0.2) is 0 Å². The molecule has 0 saturated carbocycles. The van der Waals surface area contributed by atoms with Gasteiger partial charge in [0.05, 0.1) is 18.5 Å². The zero-order valence-corrected chi connectivity index (χ0v) is 13.8. The zero-order valence-electron chi connectivity index (χ0n) is 13.0. The van der Waals surface area contributed by atoms with E-state index in [4.69, 9.17) is 0 Å². The molecule has 0 aliphatic heterocycles. The number of para-hydroxylation sites is 1. The smallest absolute Gasteiger partial charge is 0.243 e. The van der Waals surface area contributed by atoms with Gasteiger partial charge in [-0.05, 0) is 24.5 Å². The van der Waals surface area contributed by atoms with Gasteiger partial charge in [-0.1, -0.05) is 26.0 Å². The summed E-state index contributed by atoms with van der Waals surface area (Å²) in [7, 11) is -3.75. The van der Waals surface area contributed by atoms with Gasteiger partial charge in [0.2, 0.25) is 10.0 Å². The van der Waals surface area contributed by atoms with Gasteiger partial charge in [0.1, 0.15) is 16.4 Å². The van der Waals surface area contributed by atoms with Crippen molar-refractivity contribution >= 4 is 10.0 Å². The second kappa shape index (κ2) is 7.20. The van der Waals surface area contributed by atoms with E-state index < -0.39 is 21.9 Å². The summed E-state index contributed by atoms with van der Waals surface area (Å²) in [5.74, 6) is -0.434. The molecule has 0 bridgehead atoms. The van der Waals surface area contributed by atoms with E-state index in [1.54, 1.807) is 12.1 Å². The topological polar surface area (TPSA) is 84.2 Å². The normalized spacial score (nSPS) is 13.4. The molecule has 1 unspecified atom stereocenters. The predicted molar refractivity (Wildman–Crippen MR) is 84.2 cm³/mol. The van der Waals surface area contributed by atoms with Gasteiger partial charge >= 0.3 is 0 Å². The quantitative estimate of drug-likeness (QED) is 0.803. The van der Waals surface area contributed by atoms with E-state index in [0.29, 0.717) is 6.42 Å². The minimum atomic E-state index is -3.75. The molecule has 0 saturated heterocycles. The highest BCUT2D eigenvalue weighted by Crippen LogP contribution is 2.15. The van der Waals surface area contributed by atoms with Crippen LogP contribution in [-0.2, 0) is 10.0 Å². The first-order chi connectivity index (χ1) is 10.8. The van der Waals surface area contributed by atoms with Gasteiger partial charge in [0, 0.05) is 6.54 Å². The number of hydrogen-bond acceptors (Lipinski definition) is 4. The SMILES string of the molecule is CC(C)C(O)CCNS(=O)(=O)c1cnn(-c2ccccc2F)c1. The highest BCUT2D eigenvalue weighted by Gasteiger charge is 2.18. The summed E-state index contributed by atoms with van der Waals surface area (Å²) in [5, 5.41) is 13.6. The maximum Gasteiger partial charge on any atom is 0.243 e. The number of hydrogen-bond donors (Lipinski definition) is 2. The molecule has 23 heavy (non-hydrogen) atoms. The average molecular weight is 341 g/mol. The van der Waals surface area contributed by atoms with E-state index >= 15 is 0 Å². The Bertz CT molecular complexity index is 759. The predicted octanol–water partition coefficient (Wildman–Crippen LogP) is 1.70. The number of halogens is 1. The third kappa shape index (κ3) is 4.37. The Morgan fingerprint density at radius 1 is 1.35 bits per heavy atom. The Labute approximate surface area is 135 Å². The first kappa shape index (κ1) is 17.6. The van der Waals surface area contributed by atoms with Crippen LogP contribution in [0.25, 0.3) is 5.69 Å². The first-order valence-corrected chi connectivity index (χ1v) is 8.77. The van der Waals surface area contributed by atoms with E-state index in [2.05, 4.69) is 9.82 Å². The molecule has 0 radical (unpaired) electrons. The molecule has 2 rings (SSSR count). The largest absolute Gasteiger partial charge is 0.393 e. The number of aliphatic hydroxyl groups is 1. The molecule has 1 heterocycles. The van der Waals surface area contributed by atoms with Crippen LogP contribution in [-0.4, -0.2) is 36.0 Å². The molecule has 0 fully saturated rings. The standard InChI is InChI=1S/C15H20FN3O3S/c1-11(2)15(20)7-8-18-23(21,22)12-9-17-19(10-12)14-6-4-3-5-13(14)16/h3-6,9-11,15,18,20H,7-8H2,1-2H3. The van der Waals surface area contributed by atoms with Crippen molar-refractivity contribution in [3.05, 3.63) is 42.5 Å². The number of rotatable bonds is 7. The van der Waals surface area contributed by atoms with Crippen molar-refractivity contribution in [2.75, 3.05) is 6.54 Å². The summed E-state index contributed by atoms with van der Waals surface area (Å²) < 4.78 is 41.6. The van der Waals surface area contributed by atoms with E-state index in [1.165, 1.54) is 23.0 Å². The number of benzene rings is 1. The molecule has 0 aliphatic carbocycles. The monoisotopic (exact) mass is 341 g/mol. The molecular weight excluding hydrogens is 321 g/mol. The summed E-state index contributed by atoms with van der Waals surface area (Å²) in [6.07, 6.45) is 2.16. The Balaban J connectivity index is 2.08. The lowest BCUT2D eigenvalue weighted by Gasteiger charge is -2.14. The molecule has 1 aromatic carbocycles. The number of nitrogens with one attached hydrogen (secondary N) is 1. The maximum atomic E-state index is 13.7. The van der Waals surface area contributed by atoms with Crippen LogP contribution in [0, 0.1) is 11.7 Å². The Morgan fingerprint density at radius 2 is 2.04 bits per heavy atom. The summed E-state index contributed by atoms with van der Waals surface area (Å²) in [4.78, 5) is -0.0558. The molecular formula is C15H20FN3O3S. The average Bonchev–Trinajstić information content (AvgIpc) is 2.97. The highest BCUT2D eigenvalue weighted by molar-refractivity contribution is 7.89. The van der Waals surface area contributed by atoms with Gasteiger partial charge in [-0.15, -0.1) is 0 Å². The van der Waals surface area contributed by atoms with Crippen LogP contribution in [0.15, 0.2) is 41.6 Å². The Kier molecular flexibility index (Phi) is 5.51. The molecule has 0 aliphatic rings. The van der Waals surface area contributed by atoms with Crippen molar-refractivity contribution in [3.63, 3.8) is 0 Å². The zero-order chi connectivity index (χ0) is 17.0. The minimum Gasteiger partial charge on any atom is -0.393 e. The van der Waals surface area contributed by atoms with Gasteiger partial charge in [0.25, 0.3) is 0 Å². The molecule has 0 amide bonds. The third-order valence-electron chi connectivity index (χ3n) is 3.47. The molecule has 2 aromatic rings. The maximum absolute atomic E-state index is 13.7. The number of aromatic nitrogens is 2. The van der Waals surface area contributed by atoms with E-state index in [-0.39, 0.29) is 23.0 Å². The minimum absolute atomic E-state index is 0.0558. The summed E-state index contributed by atoms with van der Waals surface area (Å²) >= 11 is 0. The highest BCUT2D eigenvalue weighted by atomic mass is 32.2. The van der Waals surface area contributed by atoms with E-state index in [0.717, 1.165) is 6.20 Å². The number of aliphatic hydroxyl groups excluding tert-OH is 1. The fourth-order valence-corrected chi connectivity index (χ4v) is 2.95. The van der Waals surface area contributed by atoms with Crippen molar-refractivity contribution in [3.8, 4) is 5.69 Å². The second-order valence-electron chi connectivity index (χ2n) is 5.57. The third-order valence-corrected chi connectivity index (χ3v) is 4.89. The van der Waals surface area contributed by atoms with Gasteiger partial charge in [-0.3, -0.25) is 0 Å². The molecule has 6 nitrogen and oxygen atoms in total. The van der Waals surface area contributed by atoms with Crippen LogP contribution >= 0.6 is 0 Å².